The molecule has 1 heterocycles. The molecular formula is C24H32N4O3. The van der Waals surface area contributed by atoms with E-state index >= 15 is 0 Å². The summed E-state index contributed by atoms with van der Waals surface area (Å²) in [6.07, 6.45) is 9.98. The lowest BCUT2D eigenvalue weighted by Crippen LogP contribution is -2.58. The van der Waals surface area contributed by atoms with Crippen molar-refractivity contribution < 1.29 is 14.4 Å². The number of nitrogens with one attached hydrogen (secondary N) is 3. The molecule has 7 heteroatoms. The molecule has 5 fully saturated rings. The van der Waals surface area contributed by atoms with Crippen LogP contribution in [0.3, 0.4) is 0 Å². The standard InChI is InChI=1S/C24H32N4O3/c29-21(2-1-8-25-24-13-16-10-17(14-24)12-18(11-16)15-24)26-19-3-5-20(6-4-19)28-9-7-22(30)27-23(28)31/h3-6,16-18,25H,1-2,7-15H2,(H,26,29)(H,27,30,31). The van der Waals surface area contributed by atoms with Crippen molar-refractivity contribution in [3.8, 4) is 0 Å². The number of rotatable bonds is 7. The first-order valence-electron chi connectivity index (χ1n) is 11.7. The van der Waals surface area contributed by atoms with Gasteiger partial charge in [-0.05, 0) is 93.5 Å². The predicted molar refractivity (Wildman–Crippen MR) is 119 cm³/mol. The van der Waals surface area contributed by atoms with Crippen molar-refractivity contribution in [1.82, 2.24) is 10.6 Å². The number of amides is 4. The summed E-state index contributed by atoms with van der Waals surface area (Å²) in [5, 5.41) is 9.11. The quantitative estimate of drug-likeness (QED) is 0.585. The molecule has 0 radical (unpaired) electrons. The van der Waals surface area contributed by atoms with Gasteiger partial charge in [-0.1, -0.05) is 0 Å². The normalized spacial score (nSPS) is 31.6. The number of urea groups is 1. The molecule has 0 aromatic heterocycles. The van der Waals surface area contributed by atoms with Crippen LogP contribution in [0.25, 0.3) is 0 Å². The SMILES string of the molecule is O=C1CCN(c2ccc(NC(=O)CCCNC34CC5CC(CC(C5)C3)C4)cc2)C(=O)N1. The average Bonchev–Trinajstić information content (AvgIpc) is 2.71. The molecule has 1 aromatic carbocycles. The number of anilines is 2. The van der Waals surface area contributed by atoms with Crippen molar-refractivity contribution in [2.24, 2.45) is 17.8 Å². The van der Waals surface area contributed by atoms with E-state index in [1.165, 1.54) is 43.4 Å². The molecule has 4 saturated carbocycles. The molecule has 4 aliphatic carbocycles. The van der Waals surface area contributed by atoms with Gasteiger partial charge in [-0.3, -0.25) is 19.8 Å². The molecule has 3 N–H and O–H groups in total. The molecule has 1 saturated heterocycles. The third-order valence-corrected chi connectivity index (χ3v) is 7.64. The van der Waals surface area contributed by atoms with Gasteiger partial charge < -0.3 is 10.6 Å². The minimum absolute atomic E-state index is 0.0152. The number of carbonyl (C=O) groups excluding carboxylic acids is 3. The summed E-state index contributed by atoms with van der Waals surface area (Å²) in [7, 11) is 0. The molecule has 4 bridgehead atoms. The third-order valence-electron chi connectivity index (χ3n) is 7.64. The van der Waals surface area contributed by atoms with Gasteiger partial charge in [-0.2, -0.15) is 0 Å². The van der Waals surface area contributed by atoms with Crippen molar-refractivity contribution in [2.75, 3.05) is 23.3 Å². The van der Waals surface area contributed by atoms with E-state index in [0.29, 0.717) is 30.6 Å². The zero-order valence-electron chi connectivity index (χ0n) is 18.0. The second-order valence-electron chi connectivity index (χ2n) is 10.1. The van der Waals surface area contributed by atoms with Crippen molar-refractivity contribution in [3.63, 3.8) is 0 Å². The summed E-state index contributed by atoms with van der Waals surface area (Å²) in [5.41, 5.74) is 1.78. The number of imide groups is 1. The molecule has 7 nitrogen and oxygen atoms in total. The smallest absolute Gasteiger partial charge is 0.326 e. The van der Waals surface area contributed by atoms with Crippen molar-refractivity contribution in [2.45, 2.75) is 63.3 Å². The molecule has 6 rings (SSSR count). The van der Waals surface area contributed by atoms with Crippen LogP contribution in [0.2, 0.25) is 0 Å². The number of benzene rings is 1. The number of nitrogens with zero attached hydrogens (tertiary/aromatic N) is 1. The maximum atomic E-state index is 12.4. The van der Waals surface area contributed by atoms with Gasteiger partial charge in [0, 0.05) is 36.3 Å². The molecule has 31 heavy (non-hydrogen) atoms. The van der Waals surface area contributed by atoms with Crippen LogP contribution in [0, 0.1) is 17.8 Å². The summed E-state index contributed by atoms with van der Waals surface area (Å²) >= 11 is 0. The Balaban J connectivity index is 1.06. The van der Waals surface area contributed by atoms with Gasteiger partial charge in [0.25, 0.3) is 0 Å². The summed E-state index contributed by atoms with van der Waals surface area (Å²) in [6.45, 7) is 1.27. The summed E-state index contributed by atoms with van der Waals surface area (Å²) in [6, 6.07) is 6.77. The highest BCUT2D eigenvalue weighted by molar-refractivity contribution is 6.05. The Morgan fingerprint density at radius 1 is 1.03 bits per heavy atom. The van der Waals surface area contributed by atoms with E-state index in [0.717, 1.165) is 36.4 Å². The topological polar surface area (TPSA) is 90.5 Å². The van der Waals surface area contributed by atoms with Crippen molar-refractivity contribution >= 4 is 29.2 Å². The first kappa shape index (κ1) is 20.5. The number of hydrogen-bond donors (Lipinski definition) is 3. The zero-order valence-corrected chi connectivity index (χ0v) is 18.0. The number of hydrogen-bond acceptors (Lipinski definition) is 4. The largest absolute Gasteiger partial charge is 0.328 e. The van der Waals surface area contributed by atoms with Crippen LogP contribution < -0.4 is 20.9 Å². The van der Waals surface area contributed by atoms with E-state index in [9.17, 15) is 14.4 Å². The van der Waals surface area contributed by atoms with Crippen LogP contribution >= 0.6 is 0 Å². The highest BCUT2D eigenvalue weighted by atomic mass is 16.2. The Kier molecular flexibility index (Phi) is 5.46. The lowest BCUT2D eigenvalue weighted by atomic mass is 9.53. The monoisotopic (exact) mass is 424 g/mol. The Morgan fingerprint density at radius 2 is 1.68 bits per heavy atom. The van der Waals surface area contributed by atoms with Crippen LogP contribution in [0.15, 0.2) is 24.3 Å². The first-order valence-corrected chi connectivity index (χ1v) is 11.7. The predicted octanol–water partition coefficient (Wildman–Crippen LogP) is 3.41. The maximum Gasteiger partial charge on any atom is 0.328 e. The lowest BCUT2D eigenvalue weighted by molar-refractivity contribution is -0.120. The molecule has 1 aliphatic heterocycles. The Hall–Kier alpha value is -2.41. The van der Waals surface area contributed by atoms with Crippen LogP contribution in [0.5, 0.6) is 0 Å². The molecule has 166 valence electrons. The summed E-state index contributed by atoms with van der Waals surface area (Å²) in [5.74, 6) is 2.56. The summed E-state index contributed by atoms with van der Waals surface area (Å²) in [4.78, 5) is 37.1. The van der Waals surface area contributed by atoms with E-state index < -0.39 is 6.03 Å². The Labute approximate surface area is 183 Å². The van der Waals surface area contributed by atoms with Crippen LogP contribution in [0.4, 0.5) is 16.2 Å². The van der Waals surface area contributed by atoms with Gasteiger partial charge in [-0.25, -0.2) is 4.79 Å². The van der Waals surface area contributed by atoms with Crippen molar-refractivity contribution in [1.29, 1.82) is 0 Å². The lowest BCUT2D eigenvalue weighted by Gasteiger charge is -2.57. The van der Waals surface area contributed by atoms with E-state index in [-0.39, 0.29) is 11.8 Å². The Morgan fingerprint density at radius 3 is 2.29 bits per heavy atom. The van der Waals surface area contributed by atoms with E-state index in [1.54, 1.807) is 24.3 Å². The highest BCUT2D eigenvalue weighted by Gasteiger charge is 2.50. The van der Waals surface area contributed by atoms with Gasteiger partial charge >= 0.3 is 6.03 Å². The Bertz CT molecular complexity index is 831. The fourth-order valence-corrected chi connectivity index (χ4v) is 6.69. The van der Waals surface area contributed by atoms with E-state index in [2.05, 4.69) is 16.0 Å². The van der Waals surface area contributed by atoms with Gasteiger partial charge in [-0.15, -0.1) is 0 Å². The molecular weight excluding hydrogens is 392 g/mol. The van der Waals surface area contributed by atoms with Crippen LogP contribution in [0.1, 0.15) is 57.8 Å². The second-order valence-corrected chi connectivity index (χ2v) is 10.1. The molecule has 5 aliphatic rings. The van der Waals surface area contributed by atoms with E-state index in [4.69, 9.17) is 0 Å². The van der Waals surface area contributed by atoms with Gasteiger partial charge in [0.2, 0.25) is 11.8 Å². The van der Waals surface area contributed by atoms with Crippen LogP contribution in [-0.2, 0) is 9.59 Å². The zero-order chi connectivity index (χ0) is 21.4. The van der Waals surface area contributed by atoms with Gasteiger partial charge in [0.05, 0.1) is 0 Å². The van der Waals surface area contributed by atoms with Crippen LogP contribution in [-0.4, -0.2) is 36.5 Å². The summed E-state index contributed by atoms with van der Waals surface area (Å²) < 4.78 is 0. The minimum Gasteiger partial charge on any atom is -0.326 e. The third kappa shape index (κ3) is 4.47. The van der Waals surface area contributed by atoms with Gasteiger partial charge in [0.15, 0.2) is 0 Å². The molecule has 4 amide bonds. The average molecular weight is 425 g/mol. The molecule has 0 atom stereocenters. The highest BCUT2D eigenvalue weighted by Crippen LogP contribution is 2.55. The van der Waals surface area contributed by atoms with Gasteiger partial charge in [0.1, 0.15) is 0 Å². The second kappa shape index (κ2) is 8.26. The molecule has 0 unspecified atom stereocenters. The number of carbonyl (C=O) groups is 3. The van der Waals surface area contributed by atoms with Crippen molar-refractivity contribution in [3.05, 3.63) is 24.3 Å². The fourth-order valence-electron chi connectivity index (χ4n) is 6.69. The minimum atomic E-state index is -0.403. The van der Waals surface area contributed by atoms with E-state index in [1.807, 2.05) is 0 Å². The first-order chi connectivity index (χ1) is 15.0. The fraction of sp³-hybridized carbons (Fsp3) is 0.625. The maximum absolute atomic E-state index is 12.4. The molecule has 1 aromatic rings. The molecule has 0 spiro atoms.